The highest BCUT2D eigenvalue weighted by atomic mass is 16.3. The summed E-state index contributed by atoms with van der Waals surface area (Å²) in [6.45, 7) is 3.00. The third-order valence-corrected chi connectivity index (χ3v) is 4.44. The van der Waals surface area contributed by atoms with E-state index in [0.29, 0.717) is 0 Å². The first kappa shape index (κ1) is 12.6. The number of primary amides is 1. The molecule has 5 amide bonds. The van der Waals surface area contributed by atoms with Crippen molar-refractivity contribution in [3.8, 4) is 0 Å². The summed E-state index contributed by atoms with van der Waals surface area (Å²) in [6.07, 6.45) is 0. The number of fused-ring (bicyclic) bond motifs is 1. The van der Waals surface area contributed by atoms with Crippen LogP contribution in [0.5, 0.6) is 0 Å². The van der Waals surface area contributed by atoms with Gasteiger partial charge in [-0.15, -0.1) is 0 Å². The Morgan fingerprint density at radius 1 is 1.50 bits per heavy atom. The fraction of sp³-hybridized carbons (Fsp3) is 0.700. The van der Waals surface area contributed by atoms with Crippen LogP contribution in [0, 0.1) is 10.8 Å². The molecule has 1 saturated carbocycles. The number of urea groups is 2. The molecule has 2 fully saturated rings. The summed E-state index contributed by atoms with van der Waals surface area (Å²) in [4.78, 5) is 34.2. The molecule has 8 heteroatoms. The van der Waals surface area contributed by atoms with Crippen LogP contribution < -0.4 is 21.7 Å². The Bertz CT molecular complexity index is 440. The number of aliphatic hydroxyl groups is 1. The molecular weight excluding hydrogens is 240 g/mol. The third kappa shape index (κ3) is 1.26. The Kier molecular flexibility index (Phi) is 2.51. The molecule has 0 aromatic rings. The van der Waals surface area contributed by atoms with Gasteiger partial charge in [0, 0.05) is 5.41 Å². The molecular formula is C10H16N4O4. The third-order valence-electron chi connectivity index (χ3n) is 4.44. The van der Waals surface area contributed by atoms with E-state index in [9.17, 15) is 19.5 Å². The van der Waals surface area contributed by atoms with Crippen molar-refractivity contribution in [3.63, 3.8) is 0 Å². The highest BCUT2D eigenvalue weighted by Gasteiger charge is 2.73. The molecule has 0 aromatic carbocycles. The molecule has 0 aromatic heterocycles. The smallest absolute Gasteiger partial charge is 0.321 e. The van der Waals surface area contributed by atoms with Crippen LogP contribution >= 0.6 is 0 Å². The van der Waals surface area contributed by atoms with Gasteiger partial charge in [-0.2, -0.15) is 0 Å². The Hall–Kier alpha value is -1.83. The summed E-state index contributed by atoms with van der Waals surface area (Å²) in [5, 5.41) is 16.8. The summed E-state index contributed by atoms with van der Waals surface area (Å²) in [6, 6.07) is -2.54. The molecule has 2 aliphatic rings. The largest absolute Gasteiger partial charge is 0.396 e. The fourth-order valence-electron chi connectivity index (χ4n) is 2.98. The minimum absolute atomic E-state index is 0.311. The van der Waals surface area contributed by atoms with E-state index in [1.54, 1.807) is 13.8 Å². The first-order valence-electron chi connectivity index (χ1n) is 5.56. The second kappa shape index (κ2) is 3.58. The van der Waals surface area contributed by atoms with E-state index >= 15 is 0 Å². The Morgan fingerprint density at radius 3 is 2.61 bits per heavy atom. The Labute approximate surface area is 103 Å². The van der Waals surface area contributed by atoms with Gasteiger partial charge in [-0.25, -0.2) is 9.59 Å². The van der Waals surface area contributed by atoms with Crippen LogP contribution in [0.2, 0.25) is 0 Å². The zero-order chi connectivity index (χ0) is 13.7. The molecule has 1 aliphatic heterocycles. The summed E-state index contributed by atoms with van der Waals surface area (Å²) in [5.74, 6) is -0.463. The second-order valence-corrected chi connectivity index (χ2v) is 5.17. The molecule has 4 atom stereocenters. The fourth-order valence-corrected chi connectivity index (χ4v) is 2.98. The second-order valence-electron chi connectivity index (χ2n) is 5.17. The van der Waals surface area contributed by atoms with Crippen molar-refractivity contribution in [2.45, 2.75) is 25.9 Å². The summed E-state index contributed by atoms with van der Waals surface area (Å²) < 4.78 is 0. The zero-order valence-electron chi connectivity index (χ0n) is 10.1. The van der Waals surface area contributed by atoms with E-state index < -0.39 is 40.9 Å². The van der Waals surface area contributed by atoms with Crippen molar-refractivity contribution >= 4 is 18.0 Å². The van der Waals surface area contributed by atoms with Crippen LogP contribution in [-0.4, -0.2) is 41.8 Å². The van der Waals surface area contributed by atoms with Crippen LogP contribution in [0.25, 0.3) is 0 Å². The lowest BCUT2D eigenvalue weighted by atomic mass is 9.44. The van der Waals surface area contributed by atoms with Crippen LogP contribution in [0.4, 0.5) is 9.59 Å². The molecule has 100 valence electrons. The minimum atomic E-state index is -0.983. The maximum absolute atomic E-state index is 12.0. The van der Waals surface area contributed by atoms with E-state index in [0.717, 1.165) is 0 Å². The van der Waals surface area contributed by atoms with Crippen molar-refractivity contribution in [3.05, 3.63) is 0 Å². The van der Waals surface area contributed by atoms with Gasteiger partial charge in [0.1, 0.15) is 0 Å². The normalized spacial score (nSPS) is 42.2. The number of carbonyl (C=O) groups excluding carboxylic acids is 3. The molecule has 18 heavy (non-hydrogen) atoms. The predicted molar refractivity (Wildman–Crippen MR) is 60.3 cm³/mol. The average Bonchev–Trinajstić information content (AvgIpc) is 2.30. The topological polar surface area (TPSA) is 134 Å². The number of hydrogen-bond donors (Lipinski definition) is 5. The van der Waals surface area contributed by atoms with E-state index in [-0.39, 0.29) is 6.61 Å². The maximum Gasteiger partial charge on any atom is 0.321 e. The molecule has 1 heterocycles. The van der Waals surface area contributed by atoms with Gasteiger partial charge in [0.25, 0.3) is 0 Å². The first-order valence-corrected chi connectivity index (χ1v) is 5.56. The van der Waals surface area contributed by atoms with Crippen molar-refractivity contribution in [1.29, 1.82) is 0 Å². The molecule has 8 nitrogen and oxygen atoms in total. The van der Waals surface area contributed by atoms with Gasteiger partial charge in [-0.1, -0.05) is 6.92 Å². The molecule has 0 radical (unpaired) electrons. The van der Waals surface area contributed by atoms with Crippen molar-refractivity contribution < 1.29 is 19.5 Å². The van der Waals surface area contributed by atoms with Crippen LogP contribution in [-0.2, 0) is 4.79 Å². The molecule has 1 aliphatic carbocycles. The molecule has 6 N–H and O–H groups in total. The number of amides is 5. The number of nitrogens with one attached hydrogen (secondary N) is 3. The quantitative estimate of drug-likeness (QED) is 0.400. The van der Waals surface area contributed by atoms with Gasteiger partial charge in [0.05, 0.1) is 24.1 Å². The monoisotopic (exact) mass is 256 g/mol. The van der Waals surface area contributed by atoms with Crippen LogP contribution in [0.15, 0.2) is 0 Å². The van der Waals surface area contributed by atoms with Gasteiger partial charge >= 0.3 is 12.1 Å². The number of nitrogens with two attached hydrogens (primary N) is 1. The van der Waals surface area contributed by atoms with Crippen molar-refractivity contribution in [2.24, 2.45) is 16.6 Å². The van der Waals surface area contributed by atoms with E-state index in [4.69, 9.17) is 5.73 Å². The van der Waals surface area contributed by atoms with Gasteiger partial charge in [-0.3, -0.25) is 10.1 Å². The first-order chi connectivity index (χ1) is 8.27. The number of rotatable bonds is 2. The standard InChI is InChI=1S/C10H16N4O4/c1-9(3-15)4(12-7(11)17)5-10(9,2)6(16)14-8(18)13-5/h4-5,15H,3H2,1-2H3,(H3,11,12,17)(H2,13,14,16,18)/t4-,5+,9-,10-/m1/s1. The number of hydrogen-bond acceptors (Lipinski definition) is 4. The van der Waals surface area contributed by atoms with Crippen LogP contribution in [0.1, 0.15) is 13.8 Å². The van der Waals surface area contributed by atoms with Crippen molar-refractivity contribution in [2.75, 3.05) is 6.61 Å². The molecule has 1 saturated heterocycles. The predicted octanol–water partition coefficient (Wildman–Crippen LogP) is -1.75. The van der Waals surface area contributed by atoms with Gasteiger partial charge in [-0.05, 0) is 6.92 Å². The molecule has 0 spiro atoms. The molecule has 0 bridgehead atoms. The Balaban J connectivity index is 2.37. The number of aliphatic hydroxyl groups excluding tert-OH is 1. The number of imide groups is 1. The lowest BCUT2D eigenvalue weighted by Gasteiger charge is -2.66. The summed E-state index contributed by atoms with van der Waals surface area (Å²) >= 11 is 0. The SMILES string of the molecule is C[C@]12C(=O)NC(=O)N[C@H]1[C@@H](NC(N)=O)[C@@]2(C)CO. The van der Waals surface area contributed by atoms with E-state index in [1.807, 2.05) is 0 Å². The highest BCUT2D eigenvalue weighted by Crippen LogP contribution is 2.57. The minimum Gasteiger partial charge on any atom is -0.396 e. The lowest BCUT2D eigenvalue weighted by molar-refractivity contribution is -0.178. The zero-order valence-corrected chi connectivity index (χ0v) is 10.1. The molecule has 0 unspecified atom stereocenters. The van der Waals surface area contributed by atoms with Gasteiger partial charge in [0.15, 0.2) is 0 Å². The lowest BCUT2D eigenvalue weighted by Crippen LogP contribution is -2.87. The summed E-state index contributed by atoms with van der Waals surface area (Å²) in [5.41, 5.74) is 3.20. The summed E-state index contributed by atoms with van der Waals surface area (Å²) in [7, 11) is 0. The van der Waals surface area contributed by atoms with E-state index in [2.05, 4.69) is 16.0 Å². The average molecular weight is 256 g/mol. The van der Waals surface area contributed by atoms with Crippen molar-refractivity contribution in [1.82, 2.24) is 16.0 Å². The number of carbonyl (C=O) groups is 3. The highest BCUT2D eigenvalue weighted by molar-refractivity contribution is 6.02. The Morgan fingerprint density at radius 2 is 2.11 bits per heavy atom. The van der Waals surface area contributed by atoms with E-state index in [1.165, 1.54) is 0 Å². The maximum atomic E-state index is 12.0. The van der Waals surface area contributed by atoms with Gasteiger partial charge in [0.2, 0.25) is 5.91 Å². The molecule has 2 rings (SSSR count). The van der Waals surface area contributed by atoms with Gasteiger partial charge < -0.3 is 21.5 Å². The van der Waals surface area contributed by atoms with Crippen LogP contribution in [0.3, 0.4) is 0 Å².